The fourth-order valence-corrected chi connectivity index (χ4v) is 2.70. The second-order valence-corrected chi connectivity index (χ2v) is 7.52. The zero-order chi connectivity index (χ0) is 12.1. The maximum atomic E-state index is 11.4. The normalized spacial score (nSPS) is 17.8. The van der Waals surface area contributed by atoms with Gasteiger partial charge in [0.1, 0.15) is 5.82 Å². The van der Waals surface area contributed by atoms with Gasteiger partial charge in [0.15, 0.2) is 0 Å². The van der Waals surface area contributed by atoms with Crippen LogP contribution in [0.4, 0.5) is 0 Å². The first kappa shape index (κ1) is 11.9. The fraction of sp³-hybridized carbons (Fsp3) is 0.778. The highest BCUT2D eigenvalue weighted by Gasteiger charge is 2.36. The quantitative estimate of drug-likeness (QED) is 0.764. The van der Waals surface area contributed by atoms with Crippen molar-refractivity contribution in [2.24, 2.45) is 0 Å². The van der Waals surface area contributed by atoms with Crippen LogP contribution in [-0.4, -0.2) is 23.2 Å². The van der Waals surface area contributed by atoms with Gasteiger partial charge in [-0.3, -0.25) is 4.57 Å². The van der Waals surface area contributed by atoms with E-state index >= 15 is 0 Å². The van der Waals surface area contributed by atoms with Gasteiger partial charge in [-0.1, -0.05) is 0 Å². The Kier molecular flexibility index (Phi) is 2.54. The lowest BCUT2D eigenvalue weighted by Gasteiger charge is -2.23. The predicted octanol–water partition coefficient (Wildman–Crippen LogP) is 1.84. The van der Waals surface area contributed by atoms with E-state index in [1.54, 1.807) is 4.57 Å². The first-order valence-electron chi connectivity index (χ1n) is 5.11. The SMILES string of the molecule is CC(C)(C)n1c(C2CC2)nnc1S(=O)(=O)Cl. The molecular formula is C9H14ClN3O2S. The van der Waals surface area contributed by atoms with Crippen molar-refractivity contribution in [1.82, 2.24) is 14.8 Å². The Morgan fingerprint density at radius 3 is 2.25 bits per heavy atom. The highest BCUT2D eigenvalue weighted by Crippen LogP contribution is 2.41. The van der Waals surface area contributed by atoms with Crippen molar-refractivity contribution in [3.63, 3.8) is 0 Å². The lowest BCUT2D eigenvalue weighted by molar-refractivity contribution is 0.351. The maximum absolute atomic E-state index is 11.4. The summed E-state index contributed by atoms with van der Waals surface area (Å²) in [4.78, 5) is 0. The van der Waals surface area contributed by atoms with Crippen molar-refractivity contribution in [2.75, 3.05) is 0 Å². The van der Waals surface area contributed by atoms with Crippen molar-refractivity contribution < 1.29 is 8.42 Å². The zero-order valence-corrected chi connectivity index (χ0v) is 11.0. The average molecular weight is 264 g/mol. The van der Waals surface area contributed by atoms with Gasteiger partial charge >= 0.3 is 0 Å². The van der Waals surface area contributed by atoms with Crippen LogP contribution in [0.3, 0.4) is 0 Å². The molecule has 2 rings (SSSR count). The molecule has 0 spiro atoms. The van der Waals surface area contributed by atoms with Crippen LogP contribution in [0, 0.1) is 0 Å². The summed E-state index contributed by atoms with van der Waals surface area (Å²) in [7, 11) is 1.52. The molecule has 1 aromatic rings. The molecule has 0 unspecified atom stereocenters. The number of hydrogen-bond donors (Lipinski definition) is 0. The van der Waals surface area contributed by atoms with Crippen molar-refractivity contribution in [3.8, 4) is 0 Å². The number of nitrogens with zero attached hydrogens (tertiary/aromatic N) is 3. The monoisotopic (exact) mass is 263 g/mol. The summed E-state index contributed by atoms with van der Waals surface area (Å²) in [5, 5.41) is 7.52. The summed E-state index contributed by atoms with van der Waals surface area (Å²) in [6.07, 6.45) is 2.08. The largest absolute Gasteiger partial charge is 0.296 e. The van der Waals surface area contributed by atoms with Crippen molar-refractivity contribution in [1.29, 1.82) is 0 Å². The van der Waals surface area contributed by atoms with Gasteiger partial charge in [0, 0.05) is 22.1 Å². The van der Waals surface area contributed by atoms with E-state index in [4.69, 9.17) is 10.7 Å². The highest BCUT2D eigenvalue weighted by atomic mass is 35.7. The smallest absolute Gasteiger partial charge is 0.295 e. The molecule has 1 aliphatic rings. The van der Waals surface area contributed by atoms with E-state index in [1.165, 1.54) is 0 Å². The molecule has 0 N–H and O–H groups in total. The van der Waals surface area contributed by atoms with Gasteiger partial charge in [-0.15, -0.1) is 10.2 Å². The average Bonchev–Trinajstić information content (AvgIpc) is 2.79. The third-order valence-corrected chi connectivity index (χ3v) is 3.60. The van der Waals surface area contributed by atoms with E-state index in [1.807, 2.05) is 20.8 Å². The second kappa shape index (κ2) is 3.43. The zero-order valence-electron chi connectivity index (χ0n) is 9.44. The predicted molar refractivity (Wildman–Crippen MR) is 60.0 cm³/mol. The molecule has 90 valence electrons. The molecule has 0 amide bonds. The van der Waals surface area contributed by atoms with Crippen LogP contribution in [-0.2, 0) is 14.6 Å². The summed E-state index contributed by atoms with van der Waals surface area (Å²) < 4.78 is 24.4. The van der Waals surface area contributed by atoms with Crippen LogP contribution >= 0.6 is 10.7 Å². The van der Waals surface area contributed by atoms with Crippen LogP contribution < -0.4 is 0 Å². The fourth-order valence-electron chi connectivity index (χ4n) is 1.68. The van der Waals surface area contributed by atoms with Crippen LogP contribution in [0.25, 0.3) is 0 Å². The first-order chi connectivity index (χ1) is 7.21. The molecule has 0 atom stereocenters. The third kappa shape index (κ3) is 2.08. The molecule has 0 bridgehead atoms. The molecule has 16 heavy (non-hydrogen) atoms. The number of halogens is 1. The molecule has 0 saturated heterocycles. The minimum atomic E-state index is -3.84. The molecule has 1 aliphatic carbocycles. The minimum absolute atomic E-state index is 0.149. The van der Waals surface area contributed by atoms with E-state index < -0.39 is 14.6 Å². The topological polar surface area (TPSA) is 64.8 Å². The Labute approximate surface area is 99.2 Å². The van der Waals surface area contributed by atoms with Crippen LogP contribution in [0.15, 0.2) is 5.16 Å². The first-order valence-corrected chi connectivity index (χ1v) is 7.42. The van der Waals surface area contributed by atoms with Crippen LogP contribution in [0.2, 0.25) is 0 Å². The highest BCUT2D eigenvalue weighted by molar-refractivity contribution is 8.13. The molecule has 5 nitrogen and oxygen atoms in total. The van der Waals surface area contributed by atoms with Crippen molar-refractivity contribution in [3.05, 3.63) is 5.82 Å². The maximum Gasteiger partial charge on any atom is 0.296 e. The van der Waals surface area contributed by atoms with Gasteiger partial charge in [0.2, 0.25) is 0 Å². The van der Waals surface area contributed by atoms with Crippen LogP contribution in [0.1, 0.15) is 45.4 Å². The molecule has 1 heterocycles. The Balaban J connectivity index is 2.63. The van der Waals surface area contributed by atoms with E-state index in [9.17, 15) is 8.42 Å². The standard InChI is InChI=1S/C9H14ClN3O2S/c1-9(2,3)13-7(6-4-5-6)11-12-8(13)16(10,14)15/h6H,4-5H2,1-3H3. The van der Waals surface area contributed by atoms with Crippen molar-refractivity contribution >= 4 is 19.7 Å². The molecule has 7 heteroatoms. The lowest BCUT2D eigenvalue weighted by atomic mass is 10.1. The van der Waals surface area contributed by atoms with Gasteiger partial charge in [-0.05, 0) is 33.6 Å². The molecule has 0 aromatic carbocycles. The lowest BCUT2D eigenvalue weighted by Crippen LogP contribution is -2.26. The molecule has 0 radical (unpaired) electrons. The summed E-state index contributed by atoms with van der Waals surface area (Å²) in [6.45, 7) is 5.73. The van der Waals surface area contributed by atoms with E-state index in [-0.39, 0.29) is 5.16 Å². The van der Waals surface area contributed by atoms with Gasteiger partial charge in [0.05, 0.1) is 0 Å². The van der Waals surface area contributed by atoms with Crippen molar-refractivity contribution in [2.45, 2.75) is 50.2 Å². The molecular weight excluding hydrogens is 250 g/mol. The summed E-state index contributed by atoms with van der Waals surface area (Å²) >= 11 is 0. The Hall–Kier alpha value is -0.620. The number of hydrogen-bond acceptors (Lipinski definition) is 4. The van der Waals surface area contributed by atoms with E-state index in [2.05, 4.69) is 10.2 Å². The summed E-state index contributed by atoms with van der Waals surface area (Å²) in [5.41, 5.74) is -0.390. The van der Waals surface area contributed by atoms with Crippen LogP contribution in [0.5, 0.6) is 0 Å². The number of rotatable bonds is 2. The Morgan fingerprint density at radius 2 is 1.88 bits per heavy atom. The van der Waals surface area contributed by atoms with Gasteiger partial charge in [-0.2, -0.15) is 0 Å². The second-order valence-electron chi connectivity index (χ2n) is 5.06. The molecule has 1 saturated carbocycles. The molecule has 1 aromatic heterocycles. The minimum Gasteiger partial charge on any atom is -0.295 e. The van der Waals surface area contributed by atoms with Gasteiger partial charge < -0.3 is 0 Å². The summed E-state index contributed by atoms with van der Waals surface area (Å²) in [6, 6.07) is 0. The molecule has 1 fully saturated rings. The van der Waals surface area contributed by atoms with Gasteiger partial charge in [-0.25, -0.2) is 8.42 Å². The Morgan fingerprint density at radius 1 is 1.31 bits per heavy atom. The summed E-state index contributed by atoms with van der Waals surface area (Å²) in [5.74, 6) is 1.06. The third-order valence-electron chi connectivity index (χ3n) is 2.49. The number of aromatic nitrogens is 3. The molecule has 0 aliphatic heterocycles. The van der Waals surface area contributed by atoms with Gasteiger partial charge in [0.25, 0.3) is 14.2 Å². The Bertz CT molecular complexity index is 511. The van der Waals surface area contributed by atoms with E-state index in [0.29, 0.717) is 5.92 Å². The van der Waals surface area contributed by atoms with E-state index in [0.717, 1.165) is 18.7 Å².